The molecule has 0 aromatic rings. The Labute approximate surface area is 199 Å². The van der Waals surface area contributed by atoms with E-state index < -0.39 is 14.1 Å². The molecule has 0 aromatic carbocycles. The highest BCUT2D eigenvalue weighted by Gasteiger charge is 2.11. The number of likely N-dealkylation sites (N-methyl/N-ethyl adjacent to an activating group) is 2. The van der Waals surface area contributed by atoms with Gasteiger partial charge >= 0.3 is 0 Å². The van der Waals surface area contributed by atoms with Gasteiger partial charge in [0.25, 0.3) is 7.82 Å². The van der Waals surface area contributed by atoms with E-state index >= 15 is 0 Å². The SMILES string of the molecule is C.C/C=C/CCCCCCCCCCCCC.CNC(O)COP(=O)([O-])OCCN(C)C. The molecule has 32 heavy (non-hydrogen) atoms. The third kappa shape index (κ3) is 31.9. The third-order valence-corrected chi connectivity index (χ3v) is 5.69. The van der Waals surface area contributed by atoms with E-state index in [2.05, 4.69) is 40.4 Å². The monoisotopic (exact) mass is 481 g/mol. The lowest BCUT2D eigenvalue weighted by Crippen LogP contribution is -2.30. The van der Waals surface area contributed by atoms with Gasteiger partial charge in [0.2, 0.25) is 0 Å². The van der Waals surface area contributed by atoms with Gasteiger partial charge in [-0.3, -0.25) is 9.88 Å². The normalized spacial score (nSPS) is 14.0. The van der Waals surface area contributed by atoms with Crippen LogP contribution in [0.15, 0.2) is 12.2 Å². The van der Waals surface area contributed by atoms with Crippen molar-refractivity contribution in [2.45, 2.75) is 105 Å². The van der Waals surface area contributed by atoms with Crippen LogP contribution in [0.25, 0.3) is 0 Å². The van der Waals surface area contributed by atoms with E-state index in [4.69, 9.17) is 5.11 Å². The molecule has 0 rings (SSSR count). The Kier molecular flexibility index (Phi) is 30.6. The van der Waals surface area contributed by atoms with Crippen LogP contribution < -0.4 is 10.2 Å². The fourth-order valence-corrected chi connectivity index (χ4v) is 3.41. The number of nitrogens with one attached hydrogen (secondary N) is 1. The Morgan fingerprint density at radius 3 is 1.94 bits per heavy atom. The molecule has 7 nitrogen and oxygen atoms in total. The second-order valence-corrected chi connectivity index (χ2v) is 9.49. The lowest BCUT2D eigenvalue weighted by atomic mass is 10.1. The van der Waals surface area contributed by atoms with Gasteiger partial charge in [0.15, 0.2) is 0 Å². The first-order chi connectivity index (χ1) is 14.8. The van der Waals surface area contributed by atoms with Crippen molar-refractivity contribution in [3.8, 4) is 0 Å². The van der Waals surface area contributed by atoms with E-state index in [1.54, 1.807) is 19.0 Å². The van der Waals surface area contributed by atoms with Crippen LogP contribution in [-0.4, -0.2) is 57.1 Å². The predicted molar refractivity (Wildman–Crippen MR) is 136 cm³/mol. The average molecular weight is 482 g/mol. The second kappa shape index (κ2) is 27.0. The number of unbranched alkanes of at least 4 members (excludes halogenated alkanes) is 11. The van der Waals surface area contributed by atoms with Crippen LogP contribution in [0.2, 0.25) is 0 Å². The van der Waals surface area contributed by atoms with Crippen molar-refractivity contribution in [1.29, 1.82) is 0 Å². The molecule has 0 aliphatic heterocycles. The Bertz CT molecular complexity index is 437. The summed E-state index contributed by atoms with van der Waals surface area (Å²) < 4.78 is 20.0. The maximum atomic E-state index is 11.1. The molecular formula is C24H54N2O5P-. The van der Waals surface area contributed by atoms with Gasteiger partial charge in [0, 0.05) is 6.54 Å². The Morgan fingerprint density at radius 1 is 1.00 bits per heavy atom. The molecule has 0 bridgehead atoms. The van der Waals surface area contributed by atoms with Gasteiger partial charge in [-0.25, -0.2) is 0 Å². The van der Waals surface area contributed by atoms with E-state index in [0.717, 1.165) is 0 Å². The maximum absolute atomic E-state index is 11.1. The zero-order chi connectivity index (χ0) is 23.8. The summed E-state index contributed by atoms with van der Waals surface area (Å²) in [5.41, 5.74) is 0. The van der Waals surface area contributed by atoms with Crippen LogP contribution in [-0.2, 0) is 13.6 Å². The second-order valence-electron chi connectivity index (χ2n) is 8.08. The smallest absolute Gasteiger partial charge is 0.268 e. The molecule has 0 aliphatic carbocycles. The lowest BCUT2D eigenvalue weighted by Gasteiger charge is -2.24. The summed E-state index contributed by atoms with van der Waals surface area (Å²) >= 11 is 0. The largest absolute Gasteiger partial charge is 0.756 e. The summed E-state index contributed by atoms with van der Waals surface area (Å²) in [4.78, 5) is 12.8. The summed E-state index contributed by atoms with van der Waals surface area (Å²) in [6, 6.07) is 0. The van der Waals surface area contributed by atoms with E-state index in [1.807, 2.05) is 0 Å². The van der Waals surface area contributed by atoms with Crippen LogP contribution in [0.5, 0.6) is 0 Å². The van der Waals surface area contributed by atoms with E-state index in [-0.39, 0.29) is 20.6 Å². The molecule has 0 aliphatic rings. The molecule has 0 spiro atoms. The van der Waals surface area contributed by atoms with Crippen LogP contribution in [0.4, 0.5) is 0 Å². The van der Waals surface area contributed by atoms with Crippen LogP contribution in [0.1, 0.15) is 98.3 Å². The minimum Gasteiger partial charge on any atom is -0.756 e. The van der Waals surface area contributed by atoms with Gasteiger partial charge in [-0.05, 0) is 40.9 Å². The van der Waals surface area contributed by atoms with Crippen molar-refractivity contribution in [2.24, 2.45) is 0 Å². The molecular weight excluding hydrogens is 427 g/mol. The zero-order valence-corrected chi connectivity index (χ0v) is 21.7. The molecule has 0 radical (unpaired) electrons. The fourth-order valence-electron chi connectivity index (χ4n) is 2.71. The summed E-state index contributed by atoms with van der Waals surface area (Å²) in [7, 11) is 0.783. The lowest BCUT2D eigenvalue weighted by molar-refractivity contribution is -0.227. The number of aliphatic hydroxyl groups is 1. The molecule has 0 fully saturated rings. The molecule has 0 amide bonds. The highest BCUT2D eigenvalue weighted by Crippen LogP contribution is 2.37. The van der Waals surface area contributed by atoms with Crippen LogP contribution in [0.3, 0.4) is 0 Å². The maximum Gasteiger partial charge on any atom is 0.268 e. The molecule has 0 heterocycles. The molecule has 8 heteroatoms. The van der Waals surface area contributed by atoms with E-state index in [1.165, 1.54) is 84.1 Å². The van der Waals surface area contributed by atoms with Crippen molar-refractivity contribution in [1.82, 2.24) is 10.2 Å². The first-order valence-corrected chi connectivity index (χ1v) is 13.5. The van der Waals surface area contributed by atoms with Crippen LogP contribution >= 0.6 is 7.82 Å². The van der Waals surface area contributed by atoms with Gasteiger partial charge in [-0.2, -0.15) is 0 Å². The standard InChI is InChI=1S/C16H32.C7H19N2O5P.CH4/c1-3-5-7-9-11-13-15-16-14-12-10-8-6-4-2;1-8-7(10)6-14-15(11,12)13-5-4-9(2)3;/h3,5H,4,6-16H2,1-2H3;7-8,10H,4-6H2,1-3H3,(H,11,12);1H4/p-1/b5-3+;;. The number of hydrogen-bond donors (Lipinski definition) is 2. The van der Waals surface area contributed by atoms with E-state index in [0.29, 0.717) is 6.54 Å². The number of nitrogens with zero attached hydrogens (tertiary/aromatic N) is 1. The number of phosphoric acid groups is 1. The number of rotatable bonds is 20. The van der Waals surface area contributed by atoms with Crippen molar-refractivity contribution in [3.05, 3.63) is 12.2 Å². The highest BCUT2D eigenvalue weighted by molar-refractivity contribution is 7.45. The quantitative estimate of drug-likeness (QED) is 0.103. The summed E-state index contributed by atoms with van der Waals surface area (Å²) in [6.07, 6.45) is 20.6. The number of allylic oxidation sites excluding steroid dienone is 2. The van der Waals surface area contributed by atoms with Crippen molar-refractivity contribution < 1.29 is 23.6 Å². The number of aliphatic hydroxyl groups excluding tert-OH is 1. The van der Waals surface area contributed by atoms with Gasteiger partial charge in [-0.1, -0.05) is 90.7 Å². The topological polar surface area (TPSA) is 94.1 Å². The molecule has 2 N–H and O–H groups in total. The van der Waals surface area contributed by atoms with Crippen molar-refractivity contribution >= 4 is 7.82 Å². The first kappa shape index (κ1) is 36.3. The van der Waals surface area contributed by atoms with Crippen molar-refractivity contribution in [3.63, 3.8) is 0 Å². The van der Waals surface area contributed by atoms with E-state index in [9.17, 15) is 9.46 Å². The molecule has 0 saturated carbocycles. The van der Waals surface area contributed by atoms with Gasteiger partial charge in [0.05, 0.1) is 13.2 Å². The van der Waals surface area contributed by atoms with Gasteiger partial charge in [-0.15, -0.1) is 0 Å². The Morgan fingerprint density at radius 2 is 1.50 bits per heavy atom. The zero-order valence-electron chi connectivity index (χ0n) is 20.8. The summed E-state index contributed by atoms with van der Waals surface area (Å²) in [5, 5.41) is 11.4. The van der Waals surface area contributed by atoms with Gasteiger partial charge in [0.1, 0.15) is 6.23 Å². The minimum absolute atomic E-state index is 0. The molecule has 2 atom stereocenters. The number of phosphoric ester groups is 1. The molecule has 2 unspecified atom stereocenters. The minimum atomic E-state index is -4.29. The summed E-state index contributed by atoms with van der Waals surface area (Å²) in [6.45, 7) is 4.54. The fraction of sp³-hybridized carbons (Fsp3) is 0.917. The molecule has 0 saturated heterocycles. The average Bonchev–Trinajstić information content (AvgIpc) is 2.73. The van der Waals surface area contributed by atoms with Crippen LogP contribution in [0, 0.1) is 0 Å². The number of hydrogen-bond acceptors (Lipinski definition) is 7. The van der Waals surface area contributed by atoms with Gasteiger partial charge < -0.3 is 23.9 Å². The predicted octanol–water partition coefficient (Wildman–Crippen LogP) is 5.49. The molecule has 0 aromatic heterocycles. The first-order valence-electron chi connectivity index (χ1n) is 12.0. The third-order valence-electron chi connectivity index (χ3n) is 4.72. The Hall–Kier alpha value is -0.270. The molecule has 196 valence electrons. The van der Waals surface area contributed by atoms with Crippen molar-refractivity contribution in [2.75, 3.05) is 40.9 Å². The Balaban J connectivity index is -0.000000511. The highest BCUT2D eigenvalue weighted by atomic mass is 31.2. The summed E-state index contributed by atoms with van der Waals surface area (Å²) in [5.74, 6) is 0.